The predicted octanol–water partition coefficient (Wildman–Crippen LogP) is 3.60. The summed E-state index contributed by atoms with van der Waals surface area (Å²) in [4.78, 5) is 16.8. The highest BCUT2D eigenvalue weighted by Gasteiger charge is 2.20. The SMILES string of the molecule is CCn1c(C)c(C(=O)c2cccnc2)c2ccccc21. The fraction of sp³-hybridized carbons (Fsp3) is 0.176. The first-order valence-corrected chi connectivity index (χ1v) is 6.76. The first kappa shape index (κ1) is 12.6. The van der Waals surface area contributed by atoms with Gasteiger partial charge in [0.25, 0.3) is 0 Å². The zero-order valence-corrected chi connectivity index (χ0v) is 11.6. The molecule has 3 nitrogen and oxygen atoms in total. The molecule has 3 heteroatoms. The van der Waals surface area contributed by atoms with Crippen LogP contribution < -0.4 is 0 Å². The van der Waals surface area contributed by atoms with E-state index in [1.807, 2.05) is 31.2 Å². The molecular formula is C17H16N2O. The lowest BCUT2D eigenvalue weighted by atomic mass is 10.0. The number of rotatable bonds is 3. The third-order valence-corrected chi connectivity index (χ3v) is 3.70. The van der Waals surface area contributed by atoms with Gasteiger partial charge in [-0.2, -0.15) is 0 Å². The maximum Gasteiger partial charge on any atom is 0.197 e. The number of aromatic nitrogens is 2. The number of fused-ring (bicyclic) bond motifs is 1. The van der Waals surface area contributed by atoms with Crippen molar-refractivity contribution in [3.8, 4) is 0 Å². The number of para-hydroxylation sites is 1. The van der Waals surface area contributed by atoms with Crippen molar-refractivity contribution in [3.63, 3.8) is 0 Å². The van der Waals surface area contributed by atoms with Crippen molar-refractivity contribution in [1.82, 2.24) is 9.55 Å². The minimum Gasteiger partial charge on any atom is -0.344 e. The highest BCUT2D eigenvalue weighted by atomic mass is 16.1. The molecule has 0 aliphatic heterocycles. The van der Waals surface area contributed by atoms with Gasteiger partial charge in [-0.25, -0.2) is 0 Å². The van der Waals surface area contributed by atoms with E-state index in [-0.39, 0.29) is 5.78 Å². The Morgan fingerprint density at radius 1 is 1.20 bits per heavy atom. The quantitative estimate of drug-likeness (QED) is 0.677. The smallest absolute Gasteiger partial charge is 0.197 e. The molecule has 0 fully saturated rings. The molecule has 0 radical (unpaired) electrons. The molecule has 0 bridgehead atoms. The maximum absolute atomic E-state index is 12.8. The number of pyridine rings is 1. The summed E-state index contributed by atoms with van der Waals surface area (Å²) in [6.07, 6.45) is 3.30. The summed E-state index contributed by atoms with van der Waals surface area (Å²) in [5.74, 6) is 0.0407. The van der Waals surface area contributed by atoms with Gasteiger partial charge in [-0.3, -0.25) is 9.78 Å². The van der Waals surface area contributed by atoms with Crippen molar-refractivity contribution >= 4 is 16.7 Å². The summed E-state index contributed by atoms with van der Waals surface area (Å²) in [6.45, 7) is 4.96. The fourth-order valence-corrected chi connectivity index (χ4v) is 2.77. The van der Waals surface area contributed by atoms with E-state index in [2.05, 4.69) is 22.5 Å². The summed E-state index contributed by atoms with van der Waals surface area (Å²) in [5.41, 5.74) is 3.55. The lowest BCUT2D eigenvalue weighted by Crippen LogP contribution is -2.05. The van der Waals surface area contributed by atoms with Crippen LogP contribution in [0.25, 0.3) is 10.9 Å². The second kappa shape index (κ2) is 4.93. The van der Waals surface area contributed by atoms with E-state index < -0.39 is 0 Å². The molecule has 0 N–H and O–H groups in total. The van der Waals surface area contributed by atoms with Gasteiger partial charge in [0.15, 0.2) is 5.78 Å². The van der Waals surface area contributed by atoms with Crippen molar-refractivity contribution in [1.29, 1.82) is 0 Å². The van der Waals surface area contributed by atoms with E-state index in [0.29, 0.717) is 5.56 Å². The number of aryl methyl sites for hydroxylation is 1. The maximum atomic E-state index is 12.8. The van der Waals surface area contributed by atoms with E-state index >= 15 is 0 Å². The van der Waals surface area contributed by atoms with Crippen LogP contribution in [0.15, 0.2) is 48.8 Å². The van der Waals surface area contributed by atoms with E-state index in [4.69, 9.17) is 0 Å². The third-order valence-electron chi connectivity index (χ3n) is 3.70. The minimum absolute atomic E-state index is 0.0407. The van der Waals surface area contributed by atoms with Crippen LogP contribution in [0, 0.1) is 6.92 Å². The Labute approximate surface area is 117 Å². The van der Waals surface area contributed by atoms with Crippen LogP contribution in [0.2, 0.25) is 0 Å². The number of hydrogen-bond acceptors (Lipinski definition) is 2. The van der Waals surface area contributed by atoms with Crippen molar-refractivity contribution in [3.05, 3.63) is 65.6 Å². The number of carbonyl (C=O) groups excluding carboxylic acids is 1. The number of benzene rings is 1. The summed E-state index contributed by atoms with van der Waals surface area (Å²) in [5, 5.41) is 1.01. The average Bonchev–Trinajstić information content (AvgIpc) is 2.79. The lowest BCUT2D eigenvalue weighted by molar-refractivity contribution is 0.103. The first-order valence-electron chi connectivity index (χ1n) is 6.76. The van der Waals surface area contributed by atoms with Gasteiger partial charge in [0.2, 0.25) is 0 Å². The van der Waals surface area contributed by atoms with Crippen molar-refractivity contribution < 1.29 is 4.79 Å². The Morgan fingerprint density at radius 2 is 2.00 bits per heavy atom. The monoisotopic (exact) mass is 264 g/mol. The van der Waals surface area contributed by atoms with Gasteiger partial charge >= 0.3 is 0 Å². The largest absolute Gasteiger partial charge is 0.344 e. The predicted molar refractivity (Wildman–Crippen MR) is 80.0 cm³/mol. The van der Waals surface area contributed by atoms with Gasteiger partial charge in [0.05, 0.1) is 5.56 Å². The molecule has 0 unspecified atom stereocenters. The van der Waals surface area contributed by atoms with E-state index in [0.717, 1.165) is 28.7 Å². The standard InChI is InChI=1S/C17H16N2O/c1-3-19-12(2)16(14-8-4-5-9-15(14)19)17(20)13-7-6-10-18-11-13/h4-11H,3H2,1-2H3. The molecule has 1 aromatic carbocycles. The highest BCUT2D eigenvalue weighted by molar-refractivity contribution is 6.17. The van der Waals surface area contributed by atoms with E-state index in [1.165, 1.54) is 0 Å². The molecule has 2 aromatic heterocycles. The Morgan fingerprint density at radius 3 is 2.70 bits per heavy atom. The number of nitrogens with zero attached hydrogens (tertiary/aromatic N) is 2. The van der Waals surface area contributed by atoms with Crippen molar-refractivity contribution in [2.24, 2.45) is 0 Å². The zero-order chi connectivity index (χ0) is 14.1. The molecule has 0 atom stereocenters. The number of carbonyl (C=O) groups is 1. The molecule has 0 aliphatic rings. The van der Waals surface area contributed by atoms with Crippen LogP contribution in [0.1, 0.15) is 28.5 Å². The normalized spacial score (nSPS) is 10.9. The first-order chi connectivity index (χ1) is 9.74. The van der Waals surface area contributed by atoms with Gasteiger partial charge in [-0.15, -0.1) is 0 Å². The third kappa shape index (κ3) is 1.83. The Kier molecular flexibility index (Phi) is 3.11. The molecule has 3 aromatic rings. The van der Waals surface area contributed by atoms with Gasteiger partial charge in [-0.05, 0) is 32.0 Å². The summed E-state index contributed by atoms with van der Waals surface area (Å²) in [7, 11) is 0. The van der Waals surface area contributed by atoms with Crippen LogP contribution in [0.4, 0.5) is 0 Å². The van der Waals surface area contributed by atoms with Gasteiger partial charge in [0.1, 0.15) is 0 Å². The molecule has 0 spiro atoms. The van der Waals surface area contributed by atoms with Crippen LogP contribution in [0.5, 0.6) is 0 Å². The van der Waals surface area contributed by atoms with E-state index in [1.54, 1.807) is 18.5 Å². The van der Waals surface area contributed by atoms with Crippen molar-refractivity contribution in [2.45, 2.75) is 20.4 Å². The molecule has 20 heavy (non-hydrogen) atoms. The second-order valence-corrected chi connectivity index (χ2v) is 4.79. The second-order valence-electron chi connectivity index (χ2n) is 4.79. The Bertz CT molecular complexity index is 772. The van der Waals surface area contributed by atoms with Crippen molar-refractivity contribution in [2.75, 3.05) is 0 Å². The van der Waals surface area contributed by atoms with Gasteiger partial charge < -0.3 is 4.57 Å². The minimum atomic E-state index is 0.0407. The molecule has 2 heterocycles. The molecule has 0 saturated heterocycles. The van der Waals surface area contributed by atoms with E-state index in [9.17, 15) is 4.79 Å². The molecule has 0 saturated carbocycles. The number of ketones is 1. The van der Waals surface area contributed by atoms with Crippen LogP contribution in [-0.4, -0.2) is 15.3 Å². The average molecular weight is 264 g/mol. The van der Waals surface area contributed by atoms with Gasteiger partial charge in [0, 0.05) is 41.1 Å². The molecule has 0 aliphatic carbocycles. The molecule has 3 rings (SSSR count). The topological polar surface area (TPSA) is 34.9 Å². The zero-order valence-electron chi connectivity index (χ0n) is 11.6. The van der Waals surface area contributed by atoms with Gasteiger partial charge in [-0.1, -0.05) is 18.2 Å². The Hall–Kier alpha value is -2.42. The number of hydrogen-bond donors (Lipinski definition) is 0. The Balaban J connectivity index is 2.27. The summed E-state index contributed by atoms with van der Waals surface area (Å²) in [6, 6.07) is 11.7. The molecule has 100 valence electrons. The van der Waals surface area contributed by atoms with Crippen LogP contribution in [-0.2, 0) is 6.54 Å². The molecule has 0 amide bonds. The summed E-state index contributed by atoms with van der Waals surface area (Å²) < 4.78 is 2.18. The summed E-state index contributed by atoms with van der Waals surface area (Å²) >= 11 is 0. The fourth-order valence-electron chi connectivity index (χ4n) is 2.77. The lowest BCUT2D eigenvalue weighted by Gasteiger charge is -2.04. The van der Waals surface area contributed by atoms with Crippen LogP contribution >= 0.6 is 0 Å². The highest BCUT2D eigenvalue weighted by Crippen LogP contribution is 2.27. The van der Waals surface area contributed by atoms with Crippen LogP contribution in [0.3, 0.4) is 0 Å². The molecular weight excluding hydrogens is 248 g/mol.